The van der Waals surface area contributed by atoms with E-state index in [0.717, 1.165) is 0 Å². The monoisotopic (exact) mass is 378 g/mol. The van der Waals surface area contributed by atoms with Gasteiger partial charge in [-0.05, 0) is 30.7 Å². The molecule has 8 nitrogen and oxygen atoms in total. The molecule has 0 aliphatic carbocycles. The molecule has 140 valence electrons. The molecule has 1 aromatic heterocycles. The van der Waals surface area contributed by atoms with Crippen LogP contribution in [0.15, 0.2) is 41.6 Å². The van der Waals surface area contributed by atoms with E-state index in [1.165, 1.54) is 21.4 Å². The Bertz CT molecular complexity index is 876. The molecule has 0 spiro atoms. The number of ether oxygens (including phenoxy) is 1. The van der Waals surface area contributed by atoms with Crippen LogP contribution in [-0.2, 0) is 17.1 Å². The van der Waals surface area contributed by atoms with E-state index in [1.54, 1.807) is 43.3 Å². The van der Waals surface area contributed by atoms with E-state index in [0.29, 0.717) is 37.4 Å². The lowest BCUT2D eigenvalue weighted by molar-refractivity contribution is 0.0764. The second-order valence-corrected chi connectivity index (χ2v) is 8.07. The molecule has 1 aliphatic rings. The van der Waals surface area contributed by atoms with Crippen molar-refractivity contribution >= 4 is 15.9 Å². The first kappa shape index (κ1) is 18.4. The summed E-state index contributed by atoms with van der Waals surface area (Å²) in [5.41, 5.74) is 0.564. The van der Waals surface area contributed by atoms with Crippen molar-refractivity contribution in [2.24, 2.45) is 7.05 Å². The molecule has 9 heteroatoms. The first-order valence-electron chi connectivity index (χ1n) is 8.34. The summed E-state index contributed by atoms with van der Waals surface area (Å²) in [5.74, 6) is 0.583. The number of methoxy groups -OCH3 is 1. The molecule has 0 bridgehead atoms. The minimum absolute atomic E-state index is 0.103. The largest absolute Gasteiger partial charge is 0.497 e. The average molecular weight is 378 g/mol. The second-order valence-electron chi connectivity index (χ2n) is 6.13. The maximum Gasteiger partial charge on any atom is 0.253 e. The van der Waals surface area contributed by atoms with Gasteiger partial charge in [-0.15, -0.1) is 0 Å². The van der Waals surface area contributed by atoms with Gasteiger partial charge in [0.15, 0.2) is 0 Å². The molecule has 0 radical (unpaired) electrons. The number of carbonyl (C=O) groups is 1. The predicted molar refractivity (Wildman–Crippen MR) is 95.5 cm³/mol. The minimum Gasteiger partial charge on any atom is -0.497 e. The van der Waals surface area contributed by atoms with Crippen LogP contribution in [0, 0.1) is 0 Å². The summed E-state index contributed by atoms with van der Waals surface area (Å²) in [5, 5.41) is 3.93. The van der Waals surface area contributed by atoms with Crippen LogP contribution >= 0.6 is 0 Å². The minimum atomic E-state index is -3.59. The Morgan fingerprint density at radius 3 is 2.46 bits per heavy atom. The van der Waals surface area contributed by atoms with Gasteiger partial charge in [0.25, 0.3) is 5.91 Å². The van der Waals surface area contributed by atoms with Gasteiger partial charge in [-0.25, -0.2) is 8.42 Å². The molecule has 1 amide bonds. The van der Waals surface area contributed by atoms with Crippen LogP contribution in [0.1, 0.15) is 16.8 Å². The molecule has 0 saturated carbocycles. The Kier molecular flexibility index (Phi) is 5.28. The zero-order chi connectivity index (χ0) is 18.7. The van der Waals surface area contributed by atoms with Crippen LogP contribution in [0.2, 0.25) is 0 Å². The third kappa shape index (κ3) is 3.73. The first-order valence-corrected chi connectivity index (χ1v) is 9.78. The highest BCUT2D eigenvalue weighted by atomic mass is 32.2. The van der Waals surface area contributed by atoms with E-state index in [-0.39, 0.29) is 17.3 Å². The van der Waals surface area contributed by atoms with Gasteiger partial charge >= 0.3 is 0 Å². The van der Waals surface area contributed by atoms with Crippen LogP contribution < -0.4 is 4.74 Å². The van der Waals surface area contributed by atoms with Gasteiger partial charge in [-0.3, -0.25) is 9.48 Å². The molecule has 1 aliphatic heterocycles. The molecule has 0 atom stereocenters. The third-order valence-corrected chi connectivity index (χ3v) is 6.25. The van der Waals surface area contributed by atoms with E-state index < -0.39 is 10.0 Å². The predicted octanol–water partition coefficient (Wildman–Crippen LogP) is 0.965. The molecule has 1 fully saturated rings. The van der Waals surface area contributed by atoms with Gasteiger partial charge in [0.2, 0.25) is 10.0 Å². The van der Waals surface area contributed by atoms with Gasteiger partial charge in [0.05, 0.1) is 13.3 Å². The average Bonchev–Trinajstić information content (AvgIpc) is 2.94. The molecule has 2 aromatic rings. The smallest absolute Gasteiger partial charge is 0.253 e. The summed E-state index contributed by atoms with van der Waals surface area (Å²) in [6.07, 6.45) is 3.42. The number of hydrogen-bond acceptors (Lipinski definition) is 5. The van der Waals surface area contributed by atoms with Gasteiger partial charge in [0, 0.05) is 45.0 Å². The summed E-state index contributed by atoms with van der Waals surface area (Å²) in [6.45, 7) is 1.51. The van der Waals surface area contributed by atoms with Crippen LogP contribution in [0.25, 0.3) is 0 Å². The van der Waals surface area contributed by atoms with E-state index in [2.05, 4.69) is 5.10 Å². The van der Waals surface area contributed by atoms with E-state index in [9.17, 15) is 13.2 Å². The van der Waals surface area contributed by atoms with Crippen molar-refractivity contribution < 1.29 is 17.9 Å². The third-order valence-electron chi connectivity index (χ3n) is 4.40. The summed E-state index contributed by atoms with van der Waals surface area (Å²) in [6, 6.07) is 6.92. The van der Waals surface area contributed by atoms with Crippen molar-refractivity contribution in [2.75, 3.05) is 33.3 Å². The van der Waals surface area contributed by atoms with Crippen molar-refractivity contribution in [3.05, 3.63) is 42.2 Å². The number of carbonyl (C=O) groups excluding carboxylic acids is 1. The Balaban J connectivity index is 1.70. The second kappa shape index (κ2) is 7.46. The number of benzene rings is 1. The summed E-state index contributed by atoms with van der Waals surface area (Å²) < 4.78 is 33.4. The fourth-order valence-electron chi connectivity index (χ4n) is 2.93. The van der Waals surface area contributed by atoms with Gasteiger partial charge in [-0.2, -0.15) is 9.40 Å². The zero-order valence-electron chi connectivity index (χ0n) is 14.8. The summed E-state index contributed by atoms with van der Waals surface area (Å²) in [4.78, 5) is 14.6. The maximum atomic E-state index is 12.7. The Morgan fingerprint density at radius 2 is 1.85 bits per heavy atom. The Morgan fingerprint density at radius 1 is 1.12 bits per heavy atom. The molecule has 2 heterocycles. The SMILES string of the molecule is COc1ccc(C(=O)N2CCCN(S(=O)(=O)c3cnn(C)c3)CC2)cc1. The highest BCUT2D eigenvalue weighted by molar-refractivity contribution is 7.89. The van der Waals surface area contributed by atoms with Gasteiger partial charge in [-0.1, -0.05) is 0 Å². The van der Waals surface area contributed by atoms with Crippen LogP contribution in [0.4, 0.5) is 0 Å². The highest BCUT2D eigenvalue weighted by Gasteiger charge is 2.29. The molecular formula is C17H22N4O4S. The van der Waals surface area contributed by atoms with E-state index >= 15 is 0 Å². The van der Waals surface area contributed by atoms with Crippen molar-refractivity contribution in [1.29, 1.82) is 0 Å². The number of amides is 1. The van der Waals surface area contributed by atoms with E-state index in [4.69, 9.17) is 4.74 Å². The Labute approximate surface area is 153 Å². The maximum absolute atomic E-state index is 12.7. The lowest BCUT2D eigenvalue weighted by Crippen LogP contribution is -2.37. The molecule has 0 N–H and O–H groups in total. The van der Waals surface area contributed by atoms with Crippen LogP contribution in [0.5, 0.6) is 5.75 Å². The van der Waals surface area contributed by atoms with Crippen molar-refractivity contribution in [3.8, 4) is 5.75 Å². The van der Waals surface area contributed by atoms with Crippen LogP contribution in [0.3, 0.4) is 0 Å². The van der Waals surface area contributed by atoms with Crippen molar-refractivity contribution in [3.63, 3.8) is 0 Å². The molecule has 26 heavy (non-hydrogen) atoms. The van der Waals surface area contributed by atoms with Crippen molar-refractivity contribution in [1.82, 2.24) is 19.0 Å². The van der Waals surface area contributed by atoms with Crippen molar-refractivity contribution in [2.45, 2.75) is 11.3 Å². The number of sulfonamides is 1. The number of hydrogen-bond donors (Lipinski definition) is 0. The van der Waals surface area contributed by atoms with Gasteiger partial charge < -0.3 is 9.64 Å². The number of nitrogens with zero attached hydrogens (tertiary/aromatic N) is 4. The highest BCUT2D eigenvalue weighted by Crippen LogP contribution is 2.18. The molecular weight excluding hydrogens is 356 g/mol. The molecule has 1 aromatic carbocycles. The lowest BCUT2D eigenvalue weighted by atomic mass is 10.2. The van der Waals surface area contributed by atoms with Gasteiger partial charge in [0.1, 0.15) is 10.6 Å². The lowest BCUT2D eigenvalue weighted by Gasteiger charge is -2.21. The quantitative estimate of drug-likeness (QED) is 0.791. The summed E-state index contributed by atoms with van der Waals surface area (Å²) >= 11 is 0. The topological polar surface area (TPSA) is 84.7 Å². The fourth-order valence-corrected chi connectivity index (χ4v) is 4.39. The normalized spacial score (nSPS) is 16.3. The number of rotatable bonds is 4. The first-order chi connectivity index (χ1) is 12.4. The fraction of sp³-hybridized carbons (Fsp3) is 0.412. The van der Waals surface area contributed by atoms with E-state index in [1.807, 2.05) is 0 Å². The Hall–Kier alpha value is -2.39. The molecule has 1 saturated heterocycles. The summed E-state index contributed by atoms with van der Waals surface area (Å²) in [7, 11) is -0.342. The molecule has 3 rings (SSSR count). The number of aryl methyl sites for hydroxylation is 1. The zero-order valence-corrected chi connectivity index (χ0v) is 15.6. The number of aromatic nitrogens is 2. The van der Waals surface area contributed by atoms with Crippen LogP contribution in [-0.4, -0.2) is 66.6 Å². The standard InChI is InChI=1S/C17H22N4O4S/c1-19-13-16(12-18-19)26(23,24)21-9-3-8-20(10-11-21)17(22)14-4-6-15(25-2)7-5-14/h4-7,12-13H,3,8-11H2,1-2H3. The molecule has 0 unspecified atom stereocenters.